The van der Waals surface area contributed by atoms with Gasteiger partial charge < -0.3 is 19.5 Å². The molecular weight excluding hydrogens is 312 g/mol. The van der Waals surface area contributed by atoms with Crippen molar-refractivity contribution in [2.75, 3.05) is 18.7 Å². The summed E-state index contributed by atoms with van der Waals surface area (Å²) in [5, 5.41) is 11.4. The van der Waals surface area contributed by atoms with Crippen molar-refractivity contribution in [2.45, 2.75) is 0 Å². The van der Waals surface area contributed by atoms with Crippen molar-refractivity contribution in [3.63, 3.8) is 0 Å². The number of carbonyl (C=O) groups is 2. The second-order valence-corrected chi connectivity index (χ2v) is 4.88. The summed E-state index contributed by atoms with van der Waals surface area (Å²) in [7, 11) is 0. The van der Waals surface area contributed by atoms with E-state index in [2.05, 4.69) is 5.32 Å². The maximum absolute atomic E-state index is 11.9. The van der Waals surface area contributed by atoms with Crippen molar-refractivity contribution in [1.29, 1.82) is 5.26 Å². The van der Waals surface area contributed by atoms with Gasteiger partial charge in [-0.05, 0) is 30.3 Å². The SMILES string of the molecule is N#Cc1cccc(C(=O)OCC(=O)Nc2ccc3c(c2)OCO3)c1. The zero-order valence-corrected chi connectivity index (χ0v) is 12.4. The lowest BCUT2D eigenvalue weighted by Gasteiger charge is -2.07. The van der Waals surface area contributed by atoms with Crippen molar-refractivity contribution < 1.29 is 23.8 Å². The van der Waals surface area contributed by atoms with E-state index in [-0.39, 0.29) is 12.4 Å². The predicted molar refractivity (Wildman–Crippen MR) is 82.6 cm³/mol. The highest BCUT2D eigenvalue weighted by Gasteiger charge is 2.15. The van der Waals surface area contributed by atoms with Gasteiger partial charge in [0.05, 0.1) is 17.2 Å². The minimum absolute atomic E-state index is 0.145. The molecule has 120 valence electrons. The van der Waals surface area contributed by atoms with Crippen molar-refractivity contribution in [3.05, 3.63) is 53.6 Å². The summed E-state index contributed by atoms with van der Waals surface area (Å²) in [5.41, 5.74) is 1.06. The molecule has 7 nitrogen and oxygen atoms in total. The van der Waals surface area contributed by atoms with E-state index < -0.39 is 18.5 Å². The molecule has 1 N–H and O–H groups in total. The first-order chi connectivity index (χ1) is 11.7. The number of fused-ring (bicyclic) bond motifs is 1. The largest absolute Gasteiger partial charge is 0.454 e. The van der Waals surface area contributed by atoms with E-state index in [4.69, 9.17) is 19.5 Å². The third-order valence-electron chi connectivity index (χ3n) is 3.22. The number of rotatable bonds is 4. The number of esters is 1. The van der Waals surface area contributed by atoms with Crippen LogP contribution < -0.4 is 14.8 Å². The average Bonchev–Trinajstić information content (AvgIpc) is 3.07. The highest BCUT2D eigenvalue weighted by Crippen LogP contribution is 2.34. The maximum Gasteiger partial charge on any atom is 0.338 e. The second-order valence-electron chi connectivity index (χ2n) is 4.88. The van der Waals surface area contributed by atoms with E-state index in [9.17, 15) is 9.59 Å². The van der Waals surface area contributed by atoms with Crippen LogP contribution >= 0.6 is 0 Å². The van der Waals surface area contributed by atoms with Gasteiger partial charge in [-0.25, -0.2) is 4.79 Å². The first kappa shape index (κ1) is 15.4. The van der Waals surface area contributed by atoms with E-state index in [1.165, 1.54) is 12.1 Å². The Hall–Kier alpha value is -3.53. The molecule has 0 spiro atoms. The summed E-state index contributed by atoms with van der Waals surface area (Å²) in [6, 6.07) is 12.9. The van der Waals surface area contributed by atoms with Gasteiger partial charge >= 0.3 is 5.97 Å². The Morgan fingerprint density at radius 3 is 2.83 bits per heavy atom. The monoisotopic (exact) mass is 324 g/mol. The van der Waals surface area contributed by atoms with Gasteiger partial charge in [0.1, 0.15) is 0 Å². The van der Waals surface area contributed by atoms with Crippen molar-refractivity contribution in [2.24, 2.45) is 0 Å². The third-order valence-corrected chi connectivity index (χ3v) is 3.22. The molecule has 24 heavy (non-hydrogen) atoms. The minimum atomic E-state index is -0.673. The Labute approximate surface area is 137 Å². The molecule has 0 bridgehead atoms. The Morgan fingerprint density at radius 1 is 1.17 bits per heavy atom. The molecule has 0 aromatic heterocycles. The fourth-order valence-corrected chi connectivity index (χ4v) is 2.10. The van der Waals surface area contributed by atoms with Crippen molar-refractivity contribution >= 4 is 17.6 Å². The highest BCUT2D eigenvalue weighted by molar-refractivity contribution is 5.95. The normalized spacial score (nSPS) is 11.5. The lowest BCUT2D eigenvalue weighted by Crippen LogP contribution is -2.20. The quantitative estimate of drug-likeness (QED) is 0.865. The molecule has 0 unspecified atom stereocenters. The van der Waals surface area contributed by atoms with E-state index in [1.807, 2.05) is 6.07 Å². The molecule has 0 aliphatic carbocycles. The van der Waals surface area contributed by atoms with E-state index in [0.29, 0.717) is 22.7 Å². The van der Waals surface area contributed by atoms with Gasteiger partial charge in [0.15, 0.2) is 18.1 Å². The van der Waals surface area contributed by atoms with Gasteiger partial charge in [-0.3, -0.25) is 4.79 Å². The molecule has 1 amide bonds. The number of nitrogens with zero attached hydrogens (tertiary/aromatic N) is 1. The van der Waals surface area contributed by atoms with Gasteiger partial charge in [0.2, 0.25) is 6.79 Å². The van der Waals surface area contributed by atoms with Crippen LogP contribution in [-0.4, -0.2) is 25.3 Å². The molecule has 0 fully saturated rings. The van der Waals surface area contributed by atoms with Crippen LogP contribution in [0, 0.1) is 11.3 Å². The molecule has 2 aromatic carbocycles. The number of nitriles is 1. The molecule has 2 aromatic rings. The number of benzene rings is 2. The lowest BCUT2D eigenvalue weighted by atomic mass is 10.1. The highest BCUT2D eigenvalue weighted by atomic mass is 16.7. The Kier molecular flexibility index (Phi) is 4.29. The average molecular weight is 324 g/mol. The molecule has 3 rings (SSSR count). The summed E-state index contributed by atoms with van der Waals surface area (Å²) >= 11 is 0. The molecule has 1 aliphatic rings. The van der Waals surface area contributed by atoms with Crippen molar-refractivity contribution in [3.8, 4) is 17.6 Å². The number of carbonyl (C=O) groups excluding carboxylic acids is 2. The van der Waals surface area contributed by atoms with Gasteiger partial charge in [0.25, 0.3) is 5.91 Å². The predicted octanol–water partition coefficient (Wildman–Crippen LogP) is 2.08. The number of hydrogen-bond acceptors (Lipinski definition) is 6. The molecular formula is C17H12N2O5. The second kappa shape index (κ2) is 6.71. The van der Waals surface area contributed by atoms with E-state index in [0.717, 1.165) is 0 Å². The first-order valence-electron chi connectivity index (χ1n) is 7.02. The Balaban J connectivity index is 1.55. The van der Waals surface area contributed by atoms with Crippen LogP contribution in [0.2, 0.25) is 0 Å². The van der Waals surface area contributed by atoms with Crippen LogP contribution in [-0.2, 0) is 9.53 Å². The minimum Gasteiger partial charge on any atom is -0.454 e. The number of hydrogen-bond donors (Lipinski definition) is 1. The van der Waals surface area contributed by atoms with Crippen LogP contribution in [0.3, 0.4) is 0 Å². The summed E-state index contributed by atoms with van der Waals surface area (Å²) < 4.78 is 15.3. The molecule has 1 heterocycles. The molecule has 1 aliphatic heterocycles. The summed E-state index contributed by atoms with van der Waals surface area (Å²) in [5.74, 6) is -0.0125. The summed E-state index contributed by atoms with van der Waals surface area (Å²) in [6.45, 7) is -0.295. The third kappa shape index (κ3) is 3.44. The fourth-order valence-electron chi connectivity index (χ4n) is 2.10. The zero-order valence-electron chi connectivity index (χ0n) is 12.4. The summed E-state index contributed by atoms with van der Waals surface area (Å²) in [6.07, 6.45) is 0. The summed E-state index contributed by atoms with van der Waals surface area (Å²) in [4.78, 5) is 23.7. The maximum atomic E-state index is 11.9. The van der Waals surface area contributed by atoms with Crippen LogP contribution in [0.5, 0.6) is 11.5 Å². The fraction of sp³-hybridized carbons (Fsp3) is 0.118. The Bertz CT molecular complexity index is 841. The van der Waals surface area contributed by atoms with Crippen molar-refractivity contribution in [1.82, 2.24) is 0 Å². The first-order valence-corrected chi connectivity index (χ1v) is 7.02. The van der Waals surface area contributed by atoms with Gasteiger partial charge in [-0.1, -0.05) is 6.07 Å². The molecule has 0 radical (unpaired) electrons. The number of nitrogens with one attached hydrogen (secondary N) is 1. The van der Waals surface area contributed by atoms with Gasteiger partial charge in [0, 0.05) is 11.8 Å². The van der Waals surface area contributed by atoms with Crippen LogP contribution in [0.15, 0.2) is 42.5 Å². The number of anilines is 1. The molecule has 0 saturated heterocycles. The van der Waals surface area contributed by atoms with Crippen LogP contribution in [0.4, 0.5) is 5.69 Å². The Morgan fingerprint density at radius 2 is 2.00 bits per heavy atom. The molecule has 7 heteroatoms. The van der Waals surface area contributed by atoms with Crippen LogP contribution in [0.25, 0.3) is 0 Å². The lowest BCUT2D eigenvalue weighted by molar-refractivity contribution is -0.119. The molecule has 0 saturated carbocycles. The van der Waals surface area contributed by atoms with E-state index >= 15 is 0 Å². The zero-order chi connectivity index (χ0) is 16.9. The van der Waals surface area contributed by atoms with E-state index in [1.54, 1.807) is 30.3 Å². The van der Waals surface area contributed by atoms with Crippen LogP contribution in [0.1, 0.15) is 15.9 Å². The number of amides is 1. The van der Waals surface area contributed by atoms with Gasteiger partial charge in [-0.15, -0.1) is 0 Å². The standard InChI is InChI=1S/C17H12N2O5/c18-8-11-2-1-3-12(6-11)17(21)22-9-16(20)19-13-4-5-14-15(7-13)24-10-23-14/h1-7H,9-10H2,(H,19,20). The topological polar surface area (TPSA) is 97.7 Å². The number of ether oxygens (including phenoxy) is 3. The van der Waals surface area contributed by atoms with Gasteiger partial charge in [-0.2, -0.15) is 5.26 Å². The smallest absolute Gasteiger partial charge is 0.338 e. The molecule has 0 atom stereocenters.